The highest BCUT2D eigenvalue weighted by atomic mass is 32.2. The average molecular weight is 297 g/mol. The smallest absolute Gasteiger partial charge is 0.155 e. The van der Waals surface area contributed by atoms with Gasteiger partial charge in [-0.25, -0.2) is 0 Å². The first kappa shape index (κ1) is 14.3. The van der Waals surface area contributed by atoms with Crippen molar-refractivity contribution in [1.29, 1.82) is 0 Å². The summed E-state index contributed by atoms with van der Waals surface area (Å²) in [6.45, 7) is 8.92. The molecule has 2 aliphatic rings. The van der Waals surface area contributed by atoms with Crippen molar-refractivity contribution in [3.05, 3.63) is 12.2 Å². The molecular formula is C13H23N5OS. The van der Waals surface area contributed by atoms with Gasteiger partial charge < -0.3 is 14.4 Å². The lowest BCUT2D eigenvalue weighted by Gasteiger charge is -2.39. The fourth-order valence-corrected chi connectivity index (χ4v) is 4.07. The van der Waals surface area contributed by atoms with E-state index in [2.05, 4.69) is 24.8 Å². The van der Waals surface area contributed by atoms with Gasteiger partial charge in [0.25, 0.3) is 0 Å². The first-order chi connectivity index (χ1) is 9.42. The summed E-state index contributed by atoms with van der Waals surface area (Å²) >= 11 is -1.10. The molecule has 1 fully saturated rings. The Kier molecular flexibility index (Phi) is 3.56. The van der Waals surface area contributed by atoms with Crippen molar-refractivity contribution >= 4 is 11.4 Å². The maximum atomic E-state index is 12.5. The SMILES string of the molecule is CC(C)(C)[S+]([O-])N[C@@H]1c2nncn2CC12CCNCC2. The molecule has 0 saturated carbocycles. The van der Waals surface area contributed by atoms with E-state index >= 15 is 0 Å². The fourth-order valence-electron chi connectivity index (χ4n) is 3.15. The average Bonchev–Trinajstić information content (AvgIpc) is 2.91. The molecule has 20 heavy (non-hydrogen) atoms. The van der Waals surface area contributed by atoms with Crippen molar-refractivity contribution < 1.29 is 4.55 Å². The number of hydrogen-bond donors (Lipinski definition) is 2. The molecule has 1 saturated heterocycles. The predicted octanol–water partition coefficient (Wildman–Crippen LogP) is 0.754. The van der Waals surface area contributed by atoms with E-state index in [4.69, 9.17) is 0 Å². The van der Waals surface area contributed by atoms with Crippen LogP contribution in [0.5, 0.6) is 0 Å². The summed E-state index contributed by atoms with van der Waals surface area (Å²) in [5, 5.41) is 11.7. The Morgan fingerprint density at radius 1 is 1.45 bits per heavy atom. The highest BCUT2D eigenvalue weighted by Gasteiger charge is 2.51. The minimum Gasteiger partial charge on any atom is -0.598 e. The van der Waals surface area contributed by atoms with Gasteiger partial charge in [-0.3, -0.25) is 0 Å². The predicted molar refractivity (Wildman–Crippen MR) is 78.3 cm³/mol. The number of nitrogens with zero attached hydrogens (tertiary/aromatic N) is 3. The molecule has 7 heteroatoms. The topological polar surface area (TPSA) is 77.8 Å². The molecule has 0 bridgehead atoms. The zero-order valence-electron chi connectivity index (χ0n) is 12.3. The Labute approximate surface area is 123 Å². The number of piperidine rings is 1. The molecule has 0 aliphatic carbocycles. The third kappa shape index (κ3) is 2.36. The molecule has 3 rings (SSSR count). The quantitative estimate of drug-likeness (QED) is 0.788. The molecule has 0 amide bonds. The van der Waals surface area contributed by atoms with Crippen LogP contribution < -0.4 is 10.0 Å². The molecule has 0 radical (unpaired) electrons. The van der Waals surface area contributed by atoms with Crippen molar-refractivity contribution in [3.63, 3.8) is 0 Å². The van der Waals surface area contributed by atoms with Crippen LogP contribution in [0.25, 0.3) is 0 Å². The lowest BCUT2D eigenvalue weighted by atomic mass is 9.75. The second kappa shape index (κ2) is 4.98. The normalized spacial score (nSPS) is 26.7. The first-order valence-corrected chi connectivity index (χ1v) is 8.34. The molecular weight excluding hydrogens is 274 g/mol. The first-order valence-electron chi connectivity index (χ1n) is 7.19. The van der Waals surface area contributed by atoms with Crippen molar-refractivity contribution in [1.82, 2.24) is 24.8 Å². The zero-order chi connectivity index (χ0) is 14.4. The summed E-state index contributed by atoms with van der Waals surface area (Å²) < 4.78 is 17.7. The van der Waals surface area contributed by atoms with E-state index in [0.717, 1.165) is 38.3 Å². The monoisotopic (exact) mass is 297 g/mol. The third-order valence-electron chi connectivity index (χ3n) is 4.38. The maximum absolute atomic E-state index is 12.5. The van der Waals surface area contributed by atoms with Crippen LogP contribution in [0.3, 0.4) is 0 Å². The Hall–Kier alpha value is -0.630. The van der Waals surface area contributed by atoms with E-state index in [0.29, 0.717) is 0 Å². The summed E-state index contributed by atoms with van der Waals surface area (Å²) in [5.74, 6) is 0.935. The maximum Gasteiger partial charge on any atom is 0.155 e. The van der Waals surface area contributed by atoms with Crippen LogP contribution in [0.1, 0.15) is 45.5 Å². The lowest BCUT2D eigenvalue weighted by Crippen LogP contribution is -2.49. The highest BCUT2D eigenvalue weighted by Crippen LogP contribution is 2.47. The van der Waals surface area contributed by atoms with Crippen LogP contribution in [0.4, 0.5) is 0 Å². The van der Waals surface area contributed by atoms with Crippen molar-refractivity contribution in [2.45, 2.75) is 50.9 Å². The van der Waals surface area contributed by atoms with Gasteiger partial charge in [0.15, 0.2) is 5.82 Å². The van der Waals surface area contributed by atoms with E-state index < -0.39 is 11.4 Å². The number of fused-ring (bicyclic) bond motifs is 1. The molecule has 1 aromatic rings. The molecule has 2 aliphatic heterocycles. The molecule has 2 N–H and O–H groups in total. The molecule has 1 unspecified atom stereocenters. The van der Waals surface area contributed by atoms with Gasteiger partial charge in [-0.15, -0.1) is 14.9 Å². The fraction of sp³-hybridized carbons (Fsp3) is 0.846. The van der Waals surface area contributed by atoms with Crippen molar-refractivity contribution in [3.8, 4) is 0 Å². The number of hydrogen-bond acceptors (Lipinski definition) is 5. The third-order valence-corrected chi connectivity index (χ3v) is 5.94. The van der Waals surface area contributed by atoms with E-state index in [-0.39, 0.29) is 16.2 Å². The van der Waals surface area contributed by atoms with Crippen molar-refractivity contribution in [2.75, 3.05) is 13.1 Å². The van der Waals surface area contributed by atoms with Gasteiger partial charge in [0.05, 0.1) is 0 Å². The number of aromatic nitrogens is 3. The van der Waals surface area contributed by atoms with E-state index in [9.17, 15) is 4.55 Å². The zero-order valence-corrected chi connectivity index (χ0v) is 13.2. The van der Waals surface area contributed by atoms with E-state index in [1.54, 1.807) is 6.33 Å². The second-order valence-corrected chi connectivity index (χ2v) is 8.86. The van der Waals surface area contributed by atoms with Crippen molar-refractivity contribution in [2.24, 2.45) is 5.41 Å². The van der Waals surface area contributed by atoms with Crippen LogP contribution in [0.15, 0.2) is 6.33 Å². The number of nitrogens with one attached hydrogen (secondary N) is 2. The molecule has 6 nitrogen and oxygen atoms in total. The minimum absolute atomic E-state index is 0.0344. The molecule has 0 aromatic carbocycles. The molecule has 3 heterocycles. The van der Waals surface area contributed by atoms with Gasteiger partial charge in [0.1, 0.15) is 17.1 Å². The molecule has 1 spiro atoms. The molecule has 1 aromatic heterocycles. The van der Waals surface area contributed by atoms with Gasteiger partial charge in [-0.05, 0) is 46.7 Å². The van der Waals surface area contributed by atoms with E-state index in [1.165, 1.54) is 0 Å². The minimum atomic E-state index is -1.10. The van der Waals surface area contributed by atoms with Gasteiger partial charge >= 0.3 is 0 Å². The molecule has 2 atom stereocenters. The van der Waals surface area contributed by atoms with Crippen LogP contribution in [-0.2, 0) is 17.9 Å². The van der Waals surface area contributed by atoms with Crippen LogP contribution >= 0.6 is 0 Å². The van der Waals surface area contributed by atoms with Gasteiger partial charge in [0, 0.05) is 23.3 Å². The Balaban J connectivity index is 1.87. The Morgan fingerprint density at radius 3 is 2.80 bits per heavy atom. The summed E-state index contributed by atoms with van der Waals surface area (Å²) in [7, 11) is 0. The summed E-state index contributed by atoms with van der Waals surface area (Å²) in [6.07, 6.45) is 3.95. The summed E-state index contributed by atoms with van der Waals surface area (Å²) in [6, 6.07) is 0.0344. The second-order valence-electron chi connectivity index (χ2n) is 6.86. The van der Waals surface area contributed by atoms with Gasteiger partial charge in [0.2, 0.25) is 0 Å². The van der Waals surface area contributed by atoms with Crippen LogP contribution in [-0.4, -0.2) is 37.2 Å². The van der Waals surface area contributed by atoms with Crippen LogP contribution in [0, 0.1) is 5.41 Å². The highest BCUT2D eigenvalue weighted by molar-refractivity contribution is 7.90. The lowest BCUT2D eigenvalue weighted by molar-refractivity contribution is 0.150. The largest absolute Gasteiger partial charge is 0.598 e. The Morgan fingerprint density at radius 2 is 2.15 bits per heavy atom. The summed E-state index contributed by atoms with van der Waals surface area (Å²) in [4.78, 5) is 0. The van der Waals surface area contributed by atoms with E-state index in [1.807, 2.05) is 20.8 Å². The number of rotatable bonds is 2. The van der Waals surface area contributed by atoms with Crippen LogP contribution in [0.2, 0.25) is 0 Å². The Bertz CT molecular complexity index is 477. The summed E-state index contributed by atoms with van der Waals surface area (Å²) in [5.41, 5.74) is 0.122. The molecule has 112 valence electrons. The van der Waals surface area contributed by atoms with Gasteiger partial charge in [-0.1, -0.05) is 0 Å². The van der Waals surface area contributed by atoms with Gasteiger partial charge in [-0.2, -0.15) is 0 Å². The standard InChI is InChI=1S/C13H23N5OS/c1-12(2,3)20(19)17-10-11-16-15-9-18(11)8-13(10)4-6-14-7-5-13/h9-10,14,17H,4-8H2,1-3H3/t10-,20?/m1/s1.